The van der Waals surface area contributed by atoms with Gasteiger partial charge >= 0.3 is 0 Å². The number of hydrogen-bond donors (Lipinski definition) is 0. The third kappa shape index (κ3) is 3.16. The summed E-state index contributed by atoms with van der Waals surface area (Å²) in [6, 6.07) is 7.73. The van der Waals surface area contributed by atoms with Gasteiger partial charge in [-0.2, -0.15) is 0 Å². The van der Waals surface area contributed by atoms with Crippen molar-refractivity contribution in [2.24, 2.45) is 0 Å². The predicted molar refractivity (Wildman–Crippen MR) is 127 cm³/mol. The molecule has 6 rings (SSSR count). The van der Waals surface area contributed by atoms with Crippen LogP contribution in [0.4, 0.5) is 0 Å². The molecule has 0 saturated heterocycles. The van der Waals surface area contributed by atoms with Gasteiger partial charge in [-0.3, -0.25) is 9.59 Å². The number of fused-ring (bicyclic) bond motifs is 4. The number of hydrogen-bond acceptors (Lipinski definition) is 6. The maximum absolute atomic E-state index is 12.6. The fourth-order valence-corrected chi connectivity index (χ4v) is 5.51. The summed E-state index contributed by atoms with van der Waals surface area (Å²) in [7, 11) is 3.24. The summed E-state index contributed by atoms with van der Waals surface area (Å²) in [4.78, 5) is 25.1. The summed E-state index contributed by atoms with van der Waals surface area (Å²) in [5, 5.41) is 0. The molecule has 0 amide bonds. The molecule has 0 bridgehead atoms. The van der Waals surface area contributed by atoms with Gasteiger partial charge in [0.2, 0.25) is 0 Å². The molecule has 2 aromatic carbocycles. The summed E-state index contributed by atoms with van der Waals surface area (Å²) in [5.41, 5.74) is 4.70. The Morgan fingerprint density at radius 2 is 1.15 bits per heavy atom. The van der Waals surface area contributed by atoms with Gasteiger partial charge in [0, 0.05) is 35.1 Å². The van der Waals surface area contributed by atoms with Crippen LogP contribution in [0.1, 0.15) is 49.7 Å². The third-order valence-corrected chi connectivity index (χ3v) is 7.24. The zero-order chi connectivity index (χ0) is 23.4. The van der Waals surface area contributed by atoms with Crippen molar-refractivity contribution in [2.45, 2.75) is 50.7 Å². The Labute approximate surface area is 198 Å². The first-order valence-electron chi connectivity index (χ1n) is 11.8. The highest BCUT2D eigenvalue weighted by Crippen LogP contribution is 2.51. The SMILES string of the molecule is COc1ccc(-c2ccc(OC)c3c2OC2CCCC(=O)C2=C3)c2c1C=C1C(=O)CCCC1O2. The van der Waals surface area contributed by atoms with E-state index >= 15 is 0 Å². The molecule has 0 N–H and O–H groups in total. The number of benzene rings is 2. The number of rotatable bonds is 3. The van der Waals surface area contributed by atoms with Gasteiger partial charge in [0.25, 0.3) is 0 Å². The van der Waals surface area contributed by atoms with Crippen LogP contribution in [0.2, 0.25) is 0 Å². The molecular weight excluding hydrogens is 432 g/mol. The zero-order valence-electron chi connectivity index (χ0n) is 19.3. The molecule has 2 aromatic rings. The first-order chi connectivity index (χ1) is 16.6. The highest BCUT2D eigenvalue weighted by molar-refractivity contribution is 6.04. The van der Waals surface area contributed by atoms with E-state index in [0.717, 1.165) is 59.1 Å². The van der Waals surface area contributed by atoms with Gasteiger partial charge in [-0.1, -0.05) is 0 Å². The zero-order valence-corrected chi connectivity index (χ0v) is 19.3. The average molecular weight is 459 g/mol. The van der Waals surface area contributed by atoms with E-state index in [1.807, 2.05) is 36.4 Å². The maximum atomic E-state index is 12.6. The van der Waals surface area contributed by atoms with E-state index in [4.69, 9.17) is 18.9 Å². The molecule has 4 aliphatic rings. The van der Waals surface area contributed by atoms with Crippen molar-refractivity contribution < 1.29 is 28.5 Å². The molecule has 0 spiro atoms. The van der Waals surface area contributed by atoms with E-state index < -0.39 is 0 Å². The Hall–Kier alpha value is -3.54. The summed E-state index contributed by atoms with van der Waals surface area (Å²) in [6.45, 7) is 0. The van der Waals surface area contributed by atoms with Crippen LogP contribution in [0, 0.1) is 0 Å². The van der Waals surface area contributed by atoms with Crippen molar-refractivity contribution >= 4 is 23.7 Å². The van der Waals surface area contributed by atoms with Gasteiger partial charge in [-0.05, 0) is 62.1 Å². The molecule has 0 radical (unpaired) electrons. The molecule has 2 fully saturated rings. The van der Waals surface area contributed by atoms with E-state index in [2.05, 4.69) is 0 Å². The molecular formula is C28H26O6. The van der Waals surface area contributed by atoms with Crippen LogP contribution in [-0.2, 0) is 9.59 Å². The van der Waals surface area contributed by atoms with Crippen LogP contribution in [-0.4, -0.2) is 38.0 Å². The minimum absolute atomic E-state index is 0.138. The Morgan fingerprint density at radius 3 is 1.56 bits per heavy atom. The summed E-state index contributed by atoms with van der Waals surface area (Å²) >= 11 is 0. The first kappa shape index (κ1) is 21.0. The first-order valence-corrected chi connectivity index (χ1v) is 11.8. The molecule has 2 aliphatic heterocycles. The standard InChI is InChI=1S/C28H26O6/c1-31-23-11-9-15(27-19(23)13-17-21(29)5-3-7-25(17)33-27)16-10-12-24(32-2)20-14-18-22(30)6-4-8-26(18)34-28(16)20/h9-14,25-26H,3-8H2,1-2H3. The second-order valence-corrected chi connectivity index (χ2v) is 9.16. The van der Waals surface area contributed by atoms with Crippen molar-refractivity contribution in [2.75, 3.05) is 14.2 Å². The lowest BCUT2D eigenvalue weighted by Gasteiger charge is -2.34. The van der Waals surface area contributed by atoms with Crippen LogP contribution in [0.5, 0.6) is 23.0 Å². The van der Waals surface area contributed by atoms with E-state index in [9.17, 15) is 9.59 Å². The van der Waals surface area contributed by atoms with Crippen LogP contribution in [0.25, 0.3) is 23.3 Å². The van der Waals surface area contributed by atoms with E-state index in [0.29, 0.717) is 35.8 Å². The van der Waals surface area contributed by atoms with Gasteiger partial charge in [0.15, 0.2) is 11.6 Å². The Kier molecular flexibility index (Phi) is 4.97. The summed E-state index contributed by atoms with van der Waals surface area (Å²) < 4.78 is 24.2. The van der Waals surface area contributed by atoms with Crippen LogP contribution in [0.3, 0.4) is 0 Å². The van der Waals surface area contributed by atoms with Crippen LogP contribution in [0.15, 0.2) is 35.4 Å². The number of ketones is 2. The third-order valence-electron chi connectivity index (χ3n) is 7.24. The number of carbonyl (C=O) groups is 2. The minimum atomic E-state index is -0.253. The van der Waals surface area contributed by atoms with Gasteiger partial charge in [-0.15, -0.1) is 0 Å². The Morgan fingerprint density at radius 1 is 0.706 bits per heavy atom. The molecule has 0 aromatic heterocycles. The average Bonchev–Trinajstić information content (AvgIpc) is 2.86. The Balaban J connectivity index is 1.55. The largest absolute Gasteiger partial charge is 0.496 e. The van der Waals surface area contributed by atoms with Crippen molar-refractivity contribution in [3.05, 3.63) is 46.5 Å². The fraction of sp³-hybridized carbons (Fsp3) is 0.357. The van der Waals surface area contributed by atoms with Crippen molar-refractivity contribution in [3.63, 3.8) is 0 Å². The van der Waals surface area contributed by atoms with Crippen LogP contribution < -0.4 is 18.9 Å². The molecule has 34 heavy (non-hydrogen) atoms. The second kappa shape index (κ2) is 8.05. The lowest BCUT2D eigenvalue weighted by atomic mass is 9.85. The van der Waals surface area contributed by atoms with E-state index in [1.165, 1.54) is 0 Å². The Bertz CT molecular complexity index is 1180. The van der Waals surface area contributed by atoms with Crippen molar-refractivity contribution in [1.82, 2.24) is 0 Å². The molecule has 2 atom stereocenters. The van der Waals surface area contributed by atoms with Crippen molar-refractivity contribution in [3.8, 4) is 34.1 Å². The van der Waals surface area contributed by atoms with E-state index in [-0.39, 0.29) is 23.8 Å². The molecule has 2 aliphatic carbocycles. The van der Waals surface area contributed by atoms with Gasteiger partial charge < -0.3 is 18.9 Å². The number of methoxy groups -OCH3 is 2. The monoisotopic (exact) mass is 458 g/mol. The molecule has 6 heteroatoms. The highest BCUT2D eigenvalue weighted by atomic mass is 16.5. The normalized spacial score (nSPS) is 22.6. The number of carbonyl (C=O) groups excluding carboxylic acids is 2. The molecule has 2 unspecified atom stereocenters. The maximum Gasteiger partial charge on any atom is 0.162 e. The molecule has 174 valence electrons. The smallest absolute Gasteiger partial charge is 0.162 e. The van der Waals surface area contributed by atoms with E-state index in [1.54, 1.807) is 14.2 Å². The fourth-order valence-electron chi connectivity index (χ4n) is 5.51. The molecule has 2 saturated carbocycles. The highest BCUT2D eigenvalue weighted by Gasteiger charge is 2.36. The summed E-state index contributed by atoms with van der Waals surface area (Å²) in [6.07, 6.45) is 7.72. The van der Waals surface area contributed by atoms with Gasteiger partial charge in [0.1, 0.15) is 35.2 Å². The lowest BCUT2D eigenvalue weighted by molar-refractivity contribution is -0.118. The molecule has 2 heterocycles. The number of ether oxygens (including phenoxy) is 4. The van der Waals surface area contributed by atoms with Gasteiger partial charge in [-0.25, -0.2) is 0 Å². The lowest BCUT2D eigenvalue weighted by Crippen LogP contribution is -2.32. The van der Waals surface area contributed by atoms with Crippen LogP contribution >= 0.6 is 0 Å². The quantitative estimate of drug-likeness (QED) is 0.632. The van der Waals surface area contributed by atoms with Gasteiger partial charge in [0.05, 0.1) is 25.3 Å². The number of Topliss-reactive ketones (excluding diaryl/α,β-unsaturated/α-hetero) is 2. The summed E-state index contributed by atoms with van der Waals surface area (Å²) in [5.74, 6) is 2.97. The van der Waals surface area contributed by atoms with Crippen molar-refractivity contribution in [1.29, 1.82) is 0 Å². The molecule has 6 nitrogen and oxygen atoms in total. The predicted octanol–water partition coefficient (Wildman–Crippen LogP) is 5.17. The second-order valence-electron chi connectivity index (χ2n) is 9.16. The topological polar surface area (TPSA) is 71.1 Å². The minimum Gasteiger partial charge on any atom is -0.496 e.